The topological polar surface area (TPSA) is 51.5 Å². The van der Waals surface area contributed by atoms with Crippen molar-refractivity contribution in [3.63, 3.8) is 0 Å². The Kier molecular flexibility index (Phi) is 5.11. The number of nitrogens with one attached hydrogen (secondary N) is 1. The van der Waals surface area contributed by atoms with Crippen molar-refractivity contribution >= 4 is 16.9 Å². The molecule has 0 saturated carbocycles. The second-order valence-electron chi connectivity index (χ2n) is 6.59. The van der Waals surface area contributed by atoms with Gasteiger partial charge in [0.05, 0.1) is 13.5 Å². The Morgan fingerprint density at radius 2 is 1.68 bits per heavy atom. The van der Waals surface area contributed by atoms with Gasteiger partial charge in [0.2, 0.25) is 5.91 Å². The molecule has 0 aliphatic carbocycles. The number of para-hydroxylation sites is 2. The van der Waals surface area contributed by atoms with Crippen molar-refractivity contribution in [3.8, 4) is 5.75 Å². The molecule has 0 saturated heterocycles. The Morgan fingerprint density at radius 3 is 2.46 bits per heavy atom. The van der Waals surface area contributed by atoms with E-state index >= 15 is 0 Å². The van der Waals surface area contributed by atoms with Crippen molar-refractivity contribution in [2.45, 2.75) is 12.5 Å². The predicted molar refractivity (Wildman–Crippen MR) is 109 cm³/mol. The first-order valence-electron chi connectivity index (χ1n) is 9.19. The van der Waals surface area contributed by atoms with Crippen LogP contribution in [0.5, 0.6) is 5.75 Å². The molecule has 3 aromatic carbocycles. The Balaban J connectivity index is 1.63. The number of methoxy groups -OCH3 is 1. The lowest BCUT2D eigenvalue weighted by atomic mass is 10.0. The predicted octanol–water partition coefficient (Wildman–Crippen LogP) is 4.89. The molecule has 0 aliphatic rings. The zero-order valence-electron chi connectivity index (χ0n) is 15.6. The molecule has 0 bridgehead atoms. The fourth-order valence-corrected chi connectivity index (χ4v) is 3.34. The molecule has 0 spiro atoms. The van der Waals surface area contributed by atoms with Crippen molar-refractivity contribution in [1.82, 2.24) is 5.32 Å². The summed E-state index contributed by atoms with van der Waals surface area (Å²) < 4.78 is 11.4. The second-order valence-corrected chi connectivity index (χ2v) is 6.59. The smallest absolute Gasteiger partial charge is 0.225 e. The first kappa shape index (κ1) is 17.9. The van der Waals surface area contributed by atoms with E-state index in [4.69, 9.17) is 9.15 Å². The number of hydrogen-bond donors (Lipinski definition) is 1. The monoisotopic (exact) mass is 371 g/mol. The molecule has 1 aromatic heterocycles. The number of fused-ring (bicyclic) bond motifs is 1. The number of rotatable bonds is 6. The summed E-state index contributed by atoms with van der Waals surface area (Å²) in [5.41, 5.74) is 2.62. The SMILES string of the molecule is COc1ccccc1CC(=O)N[C@@H](c1ccccc1)c1cc2ccccc2o1. The van der Waals surface area contributed by atoms with Gasteiger partial charge in [-0.15, -0.1) is 0 Å². The summed E-state index contributed by atoms with van der Waals surface area (Å²) in [7, 11) is 1.61. The van der Waals surface area contributed by atoms with E-state index in [-0.39, 0.29) is 18.4 Å². The van der Waals surface area contributed by atoms with Crippen LogP contribution in [0.2, 0.25) is 0 Å². The van der Waals surface area contributed by atoms with Crippen LogP contribution >= 0.6 is 0 Å². The van der Waals surface area contributed by atoms with E-state index in [9.17, 15) is 4.79 Å². The van der Waals surface area contributed by atoms with Crippen LogP contribution in [0.4, 0.5) is 0 Å². The maximum Gasteiger partial charge on any atom is 0.225 e. The molecule has 1 heterocycles. The fourth-order valence-electron chi connectivity index (χ4n) is 3.34. The summed E-state index contributed by atoms with van der Waals surface area (Å²) >= 11 is 0. The average Bonchev–Trinajstić information content (AvgIpc) is 3.17. The highest BCUT2D eigenvalue weighted by Crippen LogP contribution is 2.28. The minimum absolute atomic E-state index is 0.0983. The van der Waals surface area contributed by atoms with Crippen LogP contribution < -0.4 is 10.1 Å². The van der Waals surface area contributed by atoms with E-state index in [0.29, 0.717) is 11.5 Å². The van der Waals surface area contributed by atoms with Crippen LogP contribution in [0.1, 0.15) is 22.9 Å². The molecule has 4 nitrogen and oxygen atoms in total. The number of carbonyl (C=O) groups excluding carboxylic acids is 1. The van der Waals surface area contributed by atoms with Gasteiger partial charge in [-0.05, 0) is 23.8 Å². The minimum Gasteiger partial charge on any atom is -0.496 e. The van der Waals surface area contributed by atoms with Crippen LogP contribution in [0.15, 0.2) is 89.3 Å². The number of ether oxygens (including phenoxy) is 1. The molecule has 4 aromatic rings. The Hall–Kier alpha value is -3.53. The summed E-state index contributed by atoms with van der Waals surface area (Å²) in [6.45, 7) is 0. The third kappa shape index (κ3) is 3.76. The van der Waals surface area contributed by atoms with Gasteiger partial charge in [-0.1, -0.05) is 66.7 Å². The van der Waals surface area contributed by atoms with E-state index in [1.165, 1.54) is 0 Å². The summed E-state index contributed by atoms with van der Waals surface area (Å²) in [4.78, 5) is 12.8. The Labute approximate surface area is 163 Å². The van der Waals surface area contributed by atoms with Crippen molar-refractivity contribution in [2.75, 3.05) is 7.11 Å². The molecule has 0 aliphatic heterocycles. The molecule has 1 atom stereocenters. The zero-order chi connectivity index (χ0) is 19.3. The van der Waals surface area contributed by atoms with Crippen LogP contribution in [0, 0.1) is 0 Å². The van der Waals surface area contributed by atoms with Gasteiger partial charge in [0, 0.05) is 10.9 Å². The van der Waals surface area contributed by atoms with E-state index in [1.807, 2.05) is 84.9 Å². The molecule has 0 radical (unpaired) electrons. The van der Waals surface area contributed by atoms with Crippen molar-refractivity contribution in [3.05, 3.63) is 102 Å². The molecule has 4 heteroatoms. The Morgan fingerprint density at radius 1 is 0.964 bits per heavy atom. The van der Waals surface area contributed by atoms with Crippen LogP contribution in [0.3, 0.4) is 0 Å². The average molecular weight is 371 g/mol. The number of amides is 1. The highest BCUT2D eigenvalue weighted by Gasteiger charge is 2.21. The standard InChI is InChI=1S/C24H21NO3/c1-27-20-13-7-5-12-19(20)16-23(26)25-24(17-9-3-2-4-10-17)22-15-18-11-6-8-14-21(18)28-22/h2-15,24H,16H2,1H3,(H,25,26)/t24-/m0/s1. The van der Waals surface area contributed by atoms with E-state index < -0.39 is 0 Å². The Bertz CT molecular complexity index is 1050. The number of hydrogen-bond acceptors (Lipinski definition) is 3. The number of carbonyl (C=O) groups is 1. The van der Waals surface area contributed by atoms with Gasteiger partial charge in [-0.2, -0.15) is 0 Å². The fraction of sp³-hybridized carbons (Fsp3) is 0.125. The van der Waals surface area contributed by atoms with E-state index in [1.54, 1.807) is 7.11 Å². The quantitative estimate of drug-likeness (QED) is 0.525. The van der Waals surface area contributed by atoms with Gasteiger partial charge in [0.1, 0.15) is 23.1 Å². The molecule has 1 amide bonds. The highest BCUT2D eigenvalue weighted by atomic mass is 16.5. The molecule has 28 heavy (non-hydrogen) atoms. The third-order valence-corrected chi connectivity index (χ3v) is 4.71. The molecule has 0 unspecified atom stereocenters. The number of furan rings is 1. The highest BCUT2D eigenvalue weighted by molar-refractivity contribution is 5.81. The van der Waals surface area contributed by atoms with Crippen molar-refractivity contribution < 1.29 is 13.9 Å². The first-order valence-corrected chi connectivity index (χ1v) is 9.19. The van der Waals surface area contributed by atoms with Gasteiger partial charge in [0.15, 0.2) is 0 Å². The van der Waals surface area contributed by atoms with Gasteiger partial charge in [-0.3, -0.25) is 4.79 Å². The number of benzene rings is 3. The largest absolute Gasteiger partial charge is 0.496 e. The second kappa shape index (κ2) is 8.01. The van der Waals surface area contributed by atoms with Crippen LogP contribution in [-0.4, -0.2) is 13.0 Å². The maximum absolute atomic E-state index is 12.8. The lowest BCUT2D eigenvalue weighted by Gasteiger charge is -2.18. The summed E-state index contributed by atoms with van der Waals surface area (Å²) in [5, 5.41) is 4.13. The summed E-state index contributed by atoms with van der Waals surface area (Å²) in [5.74, 6) is 1.32. The van der Waals surface area contributed by atoms with Crippen molar-refractivity contribution in [2.24, 2.45) is 0 Å². The van der Waals surface area contributed by atoms with Gasteiger partial charge in [0.25, 0.3) is 0 Å². The minimum atomic E-state index is -0.365. The van der Waals surface area contributed by atoms with E-state index in [2.05, 4.69) is 5.32 Å². The lowest BCUT2D eigenvalue weighted by Crippen LogP contribution is -2.30. The summed E-state index contributed by atoms with van der Waals surface area (Å²) in [6, 6.07) is 26.8. The summed E-state index contributed by atoms with van der Waals surface area (Å²) in [6.07, 6.45) is 0.230. The van der Waals surface area contributed by atoms with E-state index in [0.717, 1.165) is 22.1 Å². The van der Waals surface area contributed by atoms with Crippen LogP contribution in [0.25, 0.3) is 11.0 Å². The lowest BCUT2D eigenvalue weighted by molar-refractivity contribution is -0.121. The third-order valence-electron chi connectivity index (χ3n) is 4.71. The van der Waals surface area contributed by atoms with Crippen molar-refractivity contribution in [1.29, 1.82) is 0 Å². The maximum atomic E-state index is 12.8. The van der Waals surface area contributed by atoms with Gasteiger partial charge >= 0.3 is 0 Å². The molecular weight excluding hydrogens is 350 g/mol. The first-order chi connectivity index (χ1) is 13.7. The van der Waals surface area contributed by atoms with Gasteiger partial charge < -0.3 is 14.5 Å². The zero-order valence-corrected chi connectivity index (χ0v) is 15.6. The molecule has 140 valence electrons. The molecular formula is C24H21NO3. The molecule has 4 rings (SSSR count). The van der Waals surface area contributed by atoms with Gasteiger partial charge in [-0.25, -0.2) is 0 Å². The normalized spacial score (nSPS) is 11.9. The molecule has 0 fully saturated rings. The van der Waals surface area contributed by atoms with Crippen LogP contribution in [-0.2, 0) is 11.2 Å². The molecule has 1 N–H and O–H groups in total.